The summed E-state index contributed by atoms with van der Waals surface area (Å²) in [5, 5.41) is 0.982. The third-order valence-corrected chi connectivity index (χ3v) is 3.40. The molecule has 0 saturated carbocycles. The van der Waals surface area contributed by atoms with Crippen LogP contribution in [0.15, 0.2) is 42.6 Å². The average Bonchev–Trinajstić information content (AvgIpc) is 2.51. The topological polar surface area (TPSA) is 61.0 Å². The molecule has 1 aromatic carbocycles. The largest absolute Gasteiger partial charge is 0.481 e. The zero-order chi connectivity index (χ0) is 14.1. The van der Waals surface area contributed by atoms with Crippen LogP contribution in [0.3, 0.4) is 0 Å². The van der Waals surface area contributed by atoms with Gasteiger partial charge in [-0.3, -0.25) is 0 Å². The van der Waals surface area contributed by atoms with Gasteiger partial charge in [-0.1, -0.05) is 18.2 Å². The maximum Gasteiger partial charge on any atom is 0.212 e. The van der Waals surface area contributed by atoms with E-state index in [9.17, 15) is 0 Å². The van der Waals surface area contributed by atoms with Gasteiger partial charge in [-0.05, 0) is 24.6 Å². The molecule has 0 aliphatic carbocycles. The molecule has 0 unspecified atom stereocenters. The summed E-state index contributed by atoms with van der Waals surface area (Å²) in [7, 11) is 1.60. The van der Waals surface area contributed by atoms with E-state index in [0.29, 0.717) is 5.88 Å². The molecule has 0 aliphatic rings. The highest BCUT2D eigenvalue weighted by atomic mass is 16.5. The van der Waals surface area contributed by atoms with Crippen LogP contribution in [0.2, 0.25) is 0 Å². The molecule has 20 heavy (non-hydrogen) atoms. The Morgan fingerprint density at radius 3 is 2.60 bits per heavy atom. The summed E-state index contributed by atoms with van der Waals surface area (Å²) in [6.45, 7) is 1.98. The first kappa shape index (κ1) is 12.4. The van der Waals surface area contributed by atoms with Crippen LogP contribution in [-0.4, -0.2) is 17.1 Å². The van der Waals surface area contributed by atoms with E-state index in [1.54, 1.807) is 13.3 Å². The molecule has 0 atom stereocenters. The number of rotatable bonds is 2. The van der Waals surface area contributed by atoms with Gasteiger partial charge in [0.2, 0.25) is 5.88 Å². The molecular weight excluding hydrogens is 250 g/mol. The van der Waals surface area contributed by atoms with E-state index < -0.39 is 0 Å². The quantitative estimate of drug-likeness (QED) is 0.773. The Bertz CT molecular complexity index is 767. The van der Waals surface area contributed by atoms with E-state index in [4.69, 9.17) is 15.5 Å². The first-order valence-electron chi connectivity index (χ1n) is 6.36. The Labute approximate surface area is 117 Å². The lowest BCUT2D eigenvalue weighted by Crippen LogP contribution is -1.98. The molecule has 4 nitrogen and oxygen atoms in total. The predicted octanol–water partition coefficient (Wildman–Crippen LogP) is 3.20. The van der Waals surface area contributed by atoms with E-state index in [1.807, 2.05) is 43.3 Å². The maximum atomic E-state index is 6.23. The van der Waals surface area contributed by atoms with E-state index in [0.717, 1.165) is 33.4 Å². The summed E-state index contributed by atoms with van der Waals surface area (Å²) >= 11 is 0. The molecule has 0 bridgehead atoms. The number of para-hydroxylation sites is 1. The van der Waals surface area contributed by atoms with Crippen LogP contribution in [0, 0.1) is 6.92 Å². The minimum absolute atomic E-state index is 0.583. The molecule has 2 aromatic heterocycles. The third kappa shape index (κ3) is 1.95. The van der Waals surface area contributed by atoms with E-state index >= 15 is 0 Å². The lowest BCUT2D eigenvalue weighted by Gasteiger charge is -2.11. The van der Waals surface area contributed by atoms with E-state index in [2.05, 4.69) is 4.98 Å². The second kappa shape index (κ2) is 4.81. The molecule has 0 amide bonds. The van der Waals surface area contributed by atoms with Crippen molar-refractivity contribution in [3.05, 3.63) is 48.2 Å². The molecule has 3 aromatic rings. The molecular formula is C16H15N3O. The highest BCUT2D eigenvalue weighted by Gasteiger charge is 2.11. The molecule has 0 radical (unpaired) electrons. The number of benzene rings is 1. The molecule has 2 heterocycles. The van der Waals surface area contributed by atoms with Crippen LogP contribution in [0.4, 0.5) is 5.69 Å². The fourth-order valence-corrected chi connectivity index (χ4v) is 2.25. The Kier molecular flexibility index (Phi) is 2.99. The summed E-state index contributed by atoms with van der Waals surface area (Å²) in [5.41, 5.74) is 10.6. The smallest absolute Gasteiger partial charge is 0.212 e. The molecule has 4 heteroatoms. The monoisotopic (exact) mass is 265 g/mol. The van der Waals surface area contributed by atoms with Gasteiger partial charge in [0.05, 0.1) is 18.3 Å². The minimum Gasteiger partial charge on any atom is -0.481 e. The number of fused-ring (bicyclic) bond motifs is 1. The average molecular weight is 265 g/mol. The number of hydrogen-bond donors (Lipinski definition) is 1. The van der Waals surface area contributed by atoms with Crippen molar-refractivity contribution in [3.8, 4) is 17.1 Å². The molecule has 100 valence electrons. The molecule has 2 N–H and O–H groups in total. The van der Waals surface area contributed by atoms with Crippen LogP contribution in [0.1, 0.15) is 5.56 Å². The SMILES string of the molecule is COc1ccc(-c2nc3ccccc3c(N)c2C)cn1. The number of ether oxygens (including phenoxy) is 1. The Hall–Kier alpha value is -2.62. The molecule has 0 aliphatic heterocycles. The number of nitrogens with two attached hydrogens (primary N) is 1. The summed E-state index contributed by atoms with van der Waals surface area (Å²) < 4.78 is 5.07. The fraction of sp³-hybridized carbons (Fsp3) is 0.125. The van der Waals surface area contributed by atoms with Crippen molar-refractivity contribution >= 4 is 16.6 Å². The van der Waals surface area contributed by atoms with E-state index in [1.165, 1.54) is 0 Å². The highest BCUT2D eigenvalue weighted by molar-refractivity contribution is 5.94. The summed E-state index contributed by atoms with van der Waals surface area (Å²) in [5.74, 6) is 0.583. The normalized spacial score (nSPS) is 10.7. The van der Waals surface area contributed by atoms with Crippen molar-refractivity contribution < 1.29 is 4.74 Å². The van der Waals surface area contributed by atoms with Crippen molar-refractivity contribution in [3.63, 3.8) is 0 Å². The van der Waals surface area contributed by atoms with Crippen LogP contribution in [0.25, 0.3) is 22.2 Å². The van der Waals surface area contributed by atoms with Gasteiger partial charge in [-0.2, -0.15) is 0 Å². The number of anilines is 1. The highest BCUT2D eigenvalue weighted by Crippen LogP contribution is 2.31. The van der Waals surface area contributed by atoms with Crippen LogP contribution in [-0.2, 0) is 0 Å². The van der Waals surface area contributed by atoms with Gasteiger partial charge in [-0.25, -0.2) is 9.97 Å². The standard InChI is InChI=1S/C16H15N3O/c1-10-15(17)12-5-3-4-6-13(12)19-16(10)11-7-8-14(20-2)18-9-11/h3-9H,1-2H3,(H2,17,19). The van der Waals surface area contributed by atoms with Crippen LogP contribution in [0.5, 0.6) is 5.88 Å². The Morgan fingerprint density at radius 1 is 1.10 bits per heavy atom. The van der Waals surface area contributed by atoms with Gasteiger partial charge in [-0.15, -0.1) is 0 Å². The van der Waals surface area contributed by atoms with Gasteiger partial charge in [0, 0.05) is 28.9 Å². The zero-order valence-corrected chi connectivity index (χ0v) is 11.4. The fourth-order valence-electron chi connectivity index (χ4n) is 2.25. The lowest BCUT2D eigenvalue weighted by molar-refractivity contribution is 0.398. The number of hydrogen-bond acceptors (Lipinski definition) is 4. The zero-order valence-electron chi connectivity index (χ0n) is 11.4. The molecule has 0 fully saturated rings. The summed E-state index contributed by atoms with van der Waals surface area (Å²) in [6, 6.07) is 11.6. The third-order valence-electron chi connectivity index (χ3n) is 3.40. The van der Waals surface area contributed by atoms with Crippen LogP contribution >= 0.6 is 0 Å². The van der Waals surface area contributed by atoms with Gasteiger partial charge < -0.3 is 10.5 Å². The lowest BCUT2D eigenvalue weighted by atomic mass is 10.0. The second-order valence-electron chi connectivity index (χ2n) is 4.61. The number of pyridine rings is 2. The van der Waals surface area contributed by atoms with Gasteiger partial charge in [0.25, 0.3) is 0 Å². The maximum absolute atomic E-state index is 6.23. The first-order valence-corrected chi connectivity index (χ1v) is 6.36. The Morgan fingerprint density at radius 2 is 1.90 bits per heavy atom. The van der Waals surface area contributed by atoms with Crippen molar-refractivity contribution in [2.45, 2.75) is 6.92 Å². The summed E-state index contributed by atoms with van der Waals surface area (Å²) in [4.78, 5) is 8.92. The number of methoxy groups -OCH3 is 1. The number of aromatic nitrogens is 2. The minimum atomic E-state index is 0.583. The summed E-state index contributed by atoms with van der Waals surface area (Å²) in [6.07, 6.45) is 1.75. The van der Waals surface area contributed by atoms with Crippen LogP contribution < -0.4 is 10.5 Å². The van der Waals surface area contributed by atoms with Crippen molar-refractivity contribution in [1.29, 1.82) is 0 Å². The Balaban J connectivity index is 2.22. The number of nitrogens with zero attached hydrogens (tertiary/aromatic N) is 2. The number of nitrogen functional groups attached to an aromatic ring is 1. The van der Waals surface area contributed by atoms with Crippen molar-refractivity contribution in [1.82, 2.24) is 9.97 Å². The van der Waals surface area contributed by atoms with E-state index in [-0.39, 0.29) is 0 Å². The second-order valence-corrected chi connectivity index (χ2v) is 4.61. The van der Waals surface area contributed by atoms with Gasteiger partial charge in [0.15, 0.2) is 0 Å². The molecule has 0 spiro atoms. The molecule has 3 rings (SSSR count). The predicted molar refractivity (Wildman–Crippen MR) is 80.7 cm³/mol. The van der Waals surface area contributed by atoms with Crippen molar-refractivity contribution in [2.24, 2.45) is 0 Å². The van der Waals surface area contributed by atoms with Crippen molar-refractivity contribution in [2.75, 3.05) is 12.8 Å². The first-order chi connectivity index (χ1) is 9.70. The van der Waals surface area contributed by atoms with Gasteiger partial charge in [0.1, 0.15) is 0 Å². The molecule has 0 saturated heterocycles. The van der Waals surface area contributed by atoms with Gasteiger partial charge >= 0.3 is 0 Å².